The van der Waals surface area contributed by atoms with Crippen LogP contribution in [0.4, 0.5) is 8.78 Å². The lowest BCUT2D eigenvalue weighted by molar-refractivity contribution is 0.117. The maximum atomic E-state index is 13.9. The number of nitrogens with one attached hydrogen (secondary N) is 3. The molecule has 2 aromatic rings. The molecule has 1 fully saturated rings. The highest BCUT2D eigenvalue weighted by molar-refractivity contribution is 9.18. The van der Waals surface area contributed by atoms with E-state index >= 15 is 0 Å². The molecule has 3 rings (SSSR count). The third kappa shape index (κ3) is 9.36. The molecule has 0 aliphatic heterocycles. The van der Waals surface area contributed by atoms with Crippen molar-refractivity contribution >= 4 is 26.9 Å². The zero-order chi connectivity index (χ0) is 28.5. The van der Waals surface area contributed by atoms with Crippen LogP contribution in [0.25, 0.3) is 0 Å². The van der Waals surface area contributed by atoms with Crippen molar-refractivity contribution < 1.29 is 13.9 Å². The summed E-state index contributed by atoms with van der Waals surface area (Å²) in [5.74, 6) is -1.31. The number of hydrogen-bond acceptors (Lipinski definition) is 5. The van der Waals surface area contributed by atoms with Crippen molar-refractivity contribution in [2.24, 2.45) is 10.1 Å². The lowest BCUT2D eigenvalue weighted by Gasteiger charge is -2.40. The maximum Gasteiger partial charge on any atom is 0.126 e. The van der Waals surface area contributed by atoms with E-state index < -0.39 is 23.8 Å². The van der Waals surface area contributed by atoms with Gasteiger partial charge in [-0.1, -0.05) is 71.2 Å². The van der Waals surface area contributed by atoms with Crippen LogP contribution in [-0.2, 0) is 17.4 Å². The zero-order valence-electron chi connectivity index (χ0n) is 23.4. The Hall–Kier alpha value is -2.36. The smallest absolute Gasteiger partial charge is 0.126 e. The molecule has 1 aliphatic rings. The molecule has 2 aromatic carbocycles. The lowest BCUT2D eigenvalue weighted by Crippen LogP contribution is -2.49. The fourth-order valence-electron chi connectivity index (χ4n) is 5.03. The molecule has 214 valence electrons. The van der Waals surface area contributed by atoms with Gasteiger partial charge in [-0.3, -0.25) is 10.4 Å². The van der Waals surface area contributed by atoms with Gasteiger partial charge in [0.1, 0.15) is 22.6 Å². The monoisotopic (exact) mass is 605 g/mol. The lowest BCUT2D eigenvalue weighted by atomic mass is 9.74. The zero-order valence-corrected chi connectivity index (χ0v) is 25.0. The summed E-state index contributed by atoms with van der Waals surface area (Å²) in [6.07, 6.45) is 6.77. The van der Waals surface area contributed by atoms with E-state index in [4.69, 9.17) is 0 Å². The Morgan fingerprint density at radius 3 is 2.44 bits per heavy atom. The number of aliphatic hydroxyl groups is 1. The van der Waals surface area contributed by atoms with Gasteiger partial charge in [0, 0.05) is 18.2 Å². The number of aliphatic imine (C=N–C) groups is 1. The minimum Gasteiger partial charge on any atom is -0.390 e. The average molecular weight is 607 g/mol. The van der Waals surface area contributed by atoms with Crippen LogP contribution in [0, 0.1) is 11.6 Å². The number of hydrazine groups is 1. The van der Waals surface area contributed by atoms with E-state index in [1.807, 2.05) is 6.92 Å². The standard InChI is InChI=1S/C30H42BrF2N5O/c1-5-28(31)37-38-36-20-34-26(16-21-14-24(32)18-25(33)15-21)27(39)19-35-30(12-7-6-8-13-30)23-11-9-10-22(17-23)29(2,3)4/h9-11,14-15,17-18,20,26-27,35,38-39H,5-8,12-13,16,19H2,1-4H3,(H,34,36)/b37-28+. The van der Waals surface area contributed by atoms with E-state index in [0.717, 1.165) is 42.8 Å². The molecule has 1 aliphatic carbocycles. The van der Waals surface area contributed by atoms with Gasteiger partial charge in [0.25, 0.3) is 0 Å². The first-order valence-electron chi connectivity index (χ1n) is 13.8. The highest BCUT2D eigenvalue weighted by Gasteiger charge is 2.35. The minimum atomic E-state index is -0.898. The van der Waals surface area contributed by atoms with Gasteiger partial charge in [-0.05, 0) is 75.9 Å². The maximum absolute atomic E-state index is 13.9. The number of nitrogens with zero attached hydrogens (tertiary/aromatic N) is 2. The van der Waals surface area contributed by atoms with Crippen molar-refractivity contribution in [2.75, 3.05) is 6.54 Å². The SMILES string of the molecule is CC/C(Br)=N\NNC=NC(Cc1cc(F)cc(F)c1)C(O)CNC1(c2cccc(C(C)(C)C)c2)CCCCC1. The van der Waals surface area contributed by atoms with Crippen LogP contribution in [0.2, 0.25) is 0 Å². The molecule has 4 N–H and O–H groups in total. The average Bonchev–Trinajstić information content (AvgIpc) is 2.90. The van der Waals surface area contributed by atoms with Gasteiger partial charge in [0.05, 0.1) is 12.1 Å². The second-order valence-electron chi connectivity index (χ2n) is 11.3. The van der Waals surface area contributed by atoms with Crippen molar-refractivity contribution in [1.29, 1.82) is 0 Å². The molecule has 39 heavy (non-hydrogen) atoms. The number of aliphatic hydroxyl groups excluding tert-OH is 1. The molecule has 0 aromatic heterocycles. The molecule has 0 heterocycles. The fraction of sp³-hybridized carbons (Fsp3) is 0.533. The van der Waals surface area contributed by atoms with Gasteiger partial charge in [-0.2, -0.15) is 5.10 Å². The van der Waals surface area contributed by atoms with Gasteiger partial charge in [-0.15, -0.1) is 0 Å². The summed E-state index contributed by atoms with van der Waals surface area (Å²) < 4.78 is 28.5. The number of hydrogen-bond donors (Lipinski definition) is 4. The third-order valence-electron chi connectivity index (χ3n) is 7.31. The summed E-state index contributed by atoms with van der Waals surface area (Å²) >= 11 is 3.32. The molecule has 2 atom stereocenters. The second kappa shape index (κ2) is 14.3. The highest BCUT2D eigenvalue weighted by atomic mass is 79.9. The largest absolute Gasteiger partial charge is 0.390 e. The summed E-state index contributed by atoms with van der Waals surface area (Å²) in [6.45, 7) is 8.88. The normalized spacial score (nSPS) is 17.7. The first-order valence-corrected chi connectivity index (χ1v) is 14.5. The highest BCUT2D eigenvalue weighted by Crippen LogP contribution is 2.38. The molecule has 1 saturated carbocycles. The summed E-state index contributed by atoms with van der Waals surface area (Å²) in [5.41, 5.74) is 8.15. The number of benzene rings is 2. The van der Waals surface area contributed by atoms with Gasteiger partial charge in [0.2, 0.25) is 0 Å². The van der Waals surface area contributed by atoms with E-state index in [1.54, 1.807) is 0 Å². The molecule has 2 unspecified atom stereocenters. The Morgan fingerprint density at radius 1 is 1.10 bits per heavy atom. The Morgan fingerprint density at radius 2 is 1.79 bits per heavy atom. The Kier molecular flexibility index (Phi) is 11.4. The second-order valence-corrected chi connectivity index (χ2v) is 12.3. The quantitative estimate of drug-likeness (QED) is 0.100. The van der Waals surface area contributed by atoms with Gasteiger partial charge in [0.15, 0.2) is 0 Å². The molecule has 6 nitrogen and oxygen atoms in total. The predicted molar refractivity (Wildman–Crippen MR) is 159 cm³/mol. The van der Waals surface area contributed by atoms with E-state index in [9.17, 15) is 13.9 Å². The summed E-state index contributed by atoms with van der Waals surface area (Å²) in [5, 5.41) is 19.1. The Bertz CT molecular complexity index is 1110. The Balaban J connectivity index is 1.80. The van der Waals surface area contributed by atoms with Crippen LogP contribution in [-0.4, -0.2) is 34.8 Å². The van der Waals surface area contributed by atoms with Crippen LogP contribution in [0.5, 0.6) is 0 Å². The van der Waals surface area contributed by atoms with Crippen molar-refractivity contribution in [3.8, 4) is 0 Å². The van der Waals surface area contributed by atoms with Crippen molar-refractivity contribution in [2.45, 2.75) is 95.7 Å². The molecule has 0 spiro atoms. The molecular weight excluding hydrogens is 564 g/mol. The Labute approximate surface area is 239 Å². The van der Waals surface area contributed by atoms with Crippen molar-refractivity contribution in [3.05, 3.63) is 70.8 Å². The minimum absolute atomic E-state index is 0.0310. The molecule has 0 amide bonds. The summed E-state index contributed by atoms with van der Waals surface area (Å²) in [6, 6.07) is 11.5. The molecular formula is C30H42BrF2N5O. The number of hydrazone groups is 1. The van der Waals surface area contributed by atoms with E-state index in [0.29, 0.717) is 5.56 Å². The molecule has 0 saturated heterocycles. The first kappa shape index (κ1) is 31.2. The van der Waals surface area contributed by atoms with Gasteiger partial charge < -0.3 is 10.4 Å². The third-order valence-corrected chi connectivity index (χ3v) is 8.05. The first-order chi connectivity index (χ1) is 18.5. The van der Waals surface area contributed by atoms with Crippen molar-refractivity contribution in [1.82, 2.24) is 16.3 Å². The van der Waals surface area contributed by atoms with Gasteiger partial charge in [-0.25, -0.2) is 14.3 Å². The summed E-state index contributed by atoms with van der Waals surface area (Å²) in [7, 11) is 0. The molecule has 0 radical (unpaired) electrons. The van der Waals surface area contributed by atoms with Crippen LogP contribution in [0.1, 0.15) is 82.9 Å². The number of rotatable bonds is 12. The topological polar surface area (TPSA) is 81.0 Å². The predicted octanol–water partition coefficient (Wildman–Crippen LogP) is 6.22. The van der Waals surface area contributed by atoms with Crippen LogP contribution >= 0.6 is 15.9 Å². The molecule has 9 heteroatoms. The van der Waals surface area contributed by atoms with Crippen molar-refractivity contribution in [3.63, 3.8) is 0 Å². The van der Waals surface area contributed by atoms with E-state index in [2.05, 4.69) is 87.3 Å². The molecule has 0 bridgehead atoms. The van der Waals surface area contributed by atoms with E-state index in [1.165, 1.54) is 36.0 Å². The van der Waals surface area contributed by atoms with Crippen LogP contribution < -0.4 is 16.3 Å². The number of halogens is 3. The summed E-state index contributed by atoms with van der Waals surface area (Å²) in [4.78, 5) is 4.49. The van der Waals surface area contributed by atoms with Crippen LogP contribution in [0.15, 0.2) is 52.6 Å². The van der Waals surface area contributed by atoms with Gasteiger partial charge >= 0.3 is 0 Å². The van der Waals surface area contributed by atoms with Crippen LogP contribution in [0.3, 0.4) is 0 Å². The van der Waals surface area contributed by atoms with E-state index in [-0.39, 0.29) is 23.9 Å². The fourth-order valence-corrected chi connectivity index (χ4v) is 5.12.